The number of nitrogens with one attached hydrogen (secondary N) is 1. The number of hydrogen-bond donors (Lipinski definition) is 1. The fraction of sp³-hybridized carbons (Fsp3) is 0.0909. The zero-order chi connectivity index (χ0) is 20.5. The first-order chi connectivity index (χ1) is 14.7. The van der Waals surface area contributed by atoms with Gasteiger partial charge in [0.05, 0.1) is 23.3 Å². The largest absolute Gasteiger partial charge is 0.305 e. The van der Waals surface area contributed by atoms with Crippen LogP contribution in [0.3, 0.4) is 0 Å². The predicted molar refractivity (Wildman–Crippen MR) is 117 cm³/mol. The van der Waals surface area contributed by atoms with Crippen molar-refractivity contribution in [1.29, 1.82) is 0 Å². The standard InChI is InChI=1S/C22H18N6OS/c1-15-4-2-5-16(12-15)14-27-10-8-20(26-27)25-22(29)17-13-24-28-18(7-9-23-21(17)28)19-6-3-11-30-19/h2-13H,14H2,1H3,(H,25,26,29). The number of fused-ring (bicyclic) bond motifs is 1. The van der Waals surface area contributed by atoms with Crippen LogP contribution >= 0.6 is 11.3 Å². The molecule has 5 rings (SSSR count). The molecule has 0 fully saturated rings. The van der Waals surface area contributed by atoms with E-state index in [9.17, 15) is 4.79 Å². The van der Waals surface area contributed by atoms with E-state index in [1.807, 2.05) is 35.8 Å². The third kappa shape index (κ3) is 3.48. The van der Waals surface area contributed by atoms with E-state index in [0.717, 1.165) is 16.1 Å². The van der Waals surface area contributed by atoms with Crippen molar-refractivity contribution in [2.24, 2.45) is 0 Å². The summed E-state index contributed by atoms with van der Waals surface area (Å²) >= 11 is 1.61. The van der Waals surface area contributed by atoms with Gasteiger partial charge in [0.15, 0.2) is 11.5 Å². The molecule has 0 saturated carbocycles. The highest BCUT2D eigenvalue weighted by Gasteiger charge is 2.17. The SMILES string of the molecule is Cc1cccc(Cn2ccc(NC(=O)c3cnn4c(-c5cccs5)ccnc34)n2)c1. The third-order valence-corrected chi connectivity index (χ3v) is 5.62. The van der Waals surface area contributed by atoms with Gasteiger partial charge in [-0.05, 0) is 30.0 Å². The van der Waals surface area contributed by atoms with E-state index in [-0.39, 0.29) is 5.91 Å². The summed E-state index contributed by atoms with van der Waals surface area (Å²) in [7, 11) is 0. The second kappa shape index (κ2) is 7.57. The molecule has 1 N–H and O–H groups in total. The number of thiophene rings is 1. The maximum Gasteiger partial charge on any atom is 0.262 e. The van der Waals surface area contributed by atoms with Gasteiger partial charge in [-0.3, -0.25) is 9.48 Å². The number of carbonyl (C=O) groups is 1. The van der Waals surface area contributed by atoms with Crippen molar-refractivity contribution in [1.82, 2.24) is 24.4 Å². The van der Waals surface area contributed by atoms with Crippen LogP contribution in [0.25, 0.3) is 16.2 Å². The molecule has 0 aliphatic heterocycles. The molecule has 0 radical (unpaired) electrons. The monoisotopic (exact) mass is 414 g/mol. The van der Waals surface area contributed by atoms with E-state index in [2.05, 4.69) is 45.6 Å². The molecule has 0 unspecified atom stereocenters. The number of carbonyl (C=O) groups excluding carboxylic acids is 1. The second-order valence-corrected chi connectivity index (χ2v) is 7.89. The van der Waals surface area contributed by atoms with E-state index >= 15 is 0 Å². The summed E-state index contributed by atoms with van der Waals surface area (Å²) in [6, 6.07) is 15.9. The van der Waals surface area contributed by atoms with E-state index in [4.69, 9.17) is 0 Å². The van der Waals surface area contributed by atoms with E-state index in [1.165, 1.54) is 5.56 Å². The smallest absolute Gasteiger partial charge is 0.262 e. The van der Waals surface area contributed by atoms with Crippen LogP contribution < -0.4 is 5.32 Å². The Bertz CT molecular complexity index is 1330. The molecule has 7 nitrogen and oxygen atoms in total. The quantitative estimate of drug-likeness (QED) is 0.466. The zero-order valence-electron chi connectivity index (χ0n) is 16.2. The highest BCUT2D eigenvalue weighted by Crippen LogP contribution is 2.25. The van der Waals surface area contributed by atoms with Crippen molar-refractivity contribution in [2.45, 2.75) is 13.5 Å². The number of aromatic nitrogens is 5. The second-order valence-electron chi connectivity index (χ2n) is 6.94. The Morgan fingerprint density at radius 2 is 2.10 bits per heavy atom. The number of aryl methyl sites for hydroxylation is 1. The molecule has 4 aromatic heterocycles. The minimum atomic E-state index is -0.290. The Labute approximate surface area is 176 Å². The number of benzene rings is 1. The van der Waals surface area contributed by atoms with Gasteiger partial charge in [0, 0.05) is 18.5 Å². The molecule has 148 valence electrons. The molecule has 0 bridgehead atoms. The van der Waals surface area contributed by atoms with Crippen molar-refractivity contribution in [3.63, 3.8) is 0 Å². The van der Waals surface area contributed by atoms with Crippen molar-refractivity contribution >= 4 is 28.7 Å². The number of hydrogen-bond acceptors (Lipinski definition) is 5. The van der Waals surface area contributed by atoms with Gasteiger partial charge in [-0.1, -0.05) is 35.9 Å². The Balaban J connectivity index is 1.37. The average Bonchev–Trinajstić information content (AvgIpc) is 3.49. The van der Waals surface area contributed by atoms with Crippen molar-refractivity contribution in [3.05, 3.63) is 89.2 Å². The summed E-state index contributed by atoms with van der Waals surface area (Å²) in [5.74, 6) is 0.197. The first-order valence-corrected chi connectivity index (χ1v) is 10.3. The normalized spacial score (nSPS) is 11.1. The summed E-state index contributed by atoms with van der Waals surface area (Å²) in [5, 5.41) is 13.7. The van der Waals surface area contributed by atoms with Crippen molar-refractivity contribution < 1.29 is 4.79 Å². The lowest BCUT2D eigenvalue weighted by Crippen LogP contribution is -2.13. The van der Waals surface area contributed by atoms with Crippen LogP contribution in [-0.2, 0) is 6.54 Å². The molecule has 5 aromatic rings. The number of rotatable bonds is 5. The minimum Gasteiger partial charge on any atom is -0.305 e. The van der Waals surface area contributed by atoms with Crippen LogP contribution in [0.2, 0.25) is 0 Å². The Morgan fingerprint density at radius 3 is 2.93 bits per heavy atom. The van der Waals surface area contributed by atoms with Crippen LogP contribution in [0.5, 0.6) is 0 Å². The molecule has 0 aliphatic carbocycles. The number of amides is 1. The summed E-state index contributed by atoms with van der Waals surface area (Å²) in [4.78, 5) is 18.3. The van der Waals surface area contributed by atoms with Gasteiger partial charge in [0.1, 0.15) is 5.56 Å². The molecule has 0 spiro atoms. The first kappa shape index (κ1) is 18.3. The van der Waals surface area contributed by atoms with Crippen molar-refractivity contribution in [3.8, 4) is 10.6 Å². The van der Waals surface area contributed by atoms with Gasteiger partial charge in [-0.25, -0.2) is 9.50 Å². The lowest BCUT2D eigenvalue weighted by atomic mass is 10.1. The van der Waals surface area contributed by atoms with Gasteiger partial charge in [0.25, 0.3) is 5.91 Å². The predicted octanol–water partition coefficient (Wildman–Crippen LogP) is 4.26. The van der Waals surface area contributed by atoms with Crippen molar-refractivity contribution in [2.75, 3.05) is 5.32 Å². The molecule has 4 heterocycles. The maximum atomic E-state index is 12.8. The Hall–Kier alpha value is -3.78. The van der Waals surface area contributed by atoms with E-state index in [1.54, 1.807) is 39.0 Å². The summed E-state index contributed by atoms with van der Waals surface area (Å²) < 4.78 is 3.49. The third-order valence-electron chi connectivity index (χ3n) is 4.73. The number of anilines is 1. The van der Waals surface area contributed by atoms with Gasteiger partial charge in [-0.2, -0.15) is 10.2 Å². The Kier molecular flexibility index (Phi) is 4.61. The van der Waals surface area contributed by atoms with Crippen LogP contribution in [0.1, 0.15) is 21.5 Å². The minimum absolute atomic E-state index is 0.290. The van der Waals surface area contributed by atoms with E-state index in [0.29, 0.717) is 23.6 Å². The lowest BCUT2D eigenvalue weighted by Gasteiger charge is -2.04. The molecular formula is C22H18N6OS. The van der Waals surface area contributed by atoms with Gasteiger partial charge < -0.3 is 5.32 Å². The van der Waals surface area contributed by atoms with Gasteiger partial charge in [0.2, 0.25) is 0 Å². The summed E-state index contributed by atoms with van der Waals surface area (Å²) in [6.07, 6.45) is 5.08. The summed E-state index contributed by atoms with van der Waals surface area (Å²) in [5.41, 5.74) is 4.18. The fourth-order valence-electron chi connectivity index (χ4n) is 3.36. The average molecular weight is 414 g/mol. The molecular weight excluding hydrogens is 396 g/mol. The molecule has 0 atom stereocenters. The van der Waals surface area contributed by atoms with Crippen LogP contribution in [0.15, 0.2) is 72.5 Å². The number of nitrogens with zero attached hydrogens (tertiary/aromatic N) is 5. The van der Waals surface area contributed by atoms with Gasteiger partial charge in [-0.15, -0.1) is 11.3 Å². The van der Waals surface area contributed by atoms with Gasteiger partial charge >= 0.3 is 0 Å². The molecule has 8 heteroatoms. The van der Waals surface area contributed by atoms with Crippen LogP contribution in [0.4, 0.5) is 5.82 Å². The molecule has 1 aromatic carbocycles. The van der Waals surface area contributed by atoms with E-state index < -0.39 is 0 Å². The highest BCUT2D eigenvalue weighted by molar-refractivity contribution is 7.13. The molecule has 0 saturated heterocycles. The molecule has 0 aliphatic rings. The van der Waals surface area contributed by atoms with Crippen LogP contribution in [0, 0.1) is 6.92 Å². The Morgan fingerprint density at radius 1 is 1.17 bits per heavy atom. The molecule has 1 amide bonds. The molecule has 30 heavy (non-hydrogen) atoms. The summed E-state index contributed by atoms with van der Waals surface area (Å²) in [6.45, 7) is 2.70. The fourth-order valence-corrected chi connectivity index (χ4v) is 4.10. The topological polar surface area (TPSA) is 77.1 Å². The maximum absolute atomic E-state index is 12.8. The van der Waals surface area contributed by atoms with Crippen LogP contribution in [-0.4, -0.2) is 30.3 Å². The zero-order valence-corrected chi connectivity index (χ0v) is 17.0. The lowest BCUT2D eigenvalue weighted by molar-refractivity contribution is 0.102. The highest BCUT2D eigenvalue weighted by atomic mass is 32.1. The first-order valence-electron chi connectivity index (χ1n) is 9.44.